The Morgan fingerprint density at radius 1 is 0.900 bits per heavy atom. The Labute approximate surface area is 187 Å². The van der Waals surface area contributed by atoms with Gasteiger partial charge in [0.15, 0.2) is 0 Å². The minimum absolute atomic E-state index is 0.103. The molecule has 30 heavy (non-hydrogen) atoms. The van der Waals surface area contributed by atoms with Crippen LogP contribution in [0.15, 0.2) is 66.7 Å². The average Bonchev–Trinajstić information content (AvgIpc) is 2.75. The Bertz CT molecular complexity index is 1070. The summed E-state index contributed by atoms with van der Waals surface area (Å²) in [4.78, 5) is 14.8. The number of hydrogen-bond donors (Lipinski definition) is 1. The number of benzene rings is 3. The van der Waals surface area contributed by atoms with Gasteiger partial charge in [-0.15, -0.1) is 0 Å². The maximum atomic E-state index is 12.6. The van der Waals surface area contributed by atoms with Crippen LogP contribution in [0.4, 0.5) is 5.69 Å². The van der Waals surface area contributed by atoms with Gasteiger partial charge in [-0.05, 0) is 80.0 Å². The van der Waals surface area contributed by atoms with Crippen LogP contribution in [0.2, 0.25) is 10.0 Å². The third kappa shape index (κ3) is 4.24. The standard InChI is InChI=1S/C25H24Cl2N2O/c1-29(2)24-13-11-19(17-8-12-22(26)23(27)14-17)20-10-9-18(15-21(20)24)28-25(30)16-6-4-3-5-7-16/h3-10,12,14-15,19,24H,11,13H2,1-2H3,(H,28,30)/t19-,24?/m0/s1. The number of hydrogen-bond acceptors (Lipinski definition) is 2. The maximum absolute atomic E-state index is 12.6. The van der Waals surface area contributed by atoms with E-state index in [4.69, 9.17) is 23.2 Å². The Morgan fingerprint density at radius 2 is 1.67 bits per heavy atom. The second kappa shape index (κ2) is 8.81. The van der Waals surface area contributed by atoms with Crippen molar-refractivity contribution in [1.82, 2.24) is 4.90 Å². The third-order valence-electron chi connectivity index (χ3n) is 5.81. The molecule has 0 heterocycles. The Kier molecular flexibility index (Phi) is 6.14. The highest BCUT2D eigenvalue weighted by Crippen LogP contribution is 2.44. The summed E-state index contributed by atoms with van der Waals surface area (Å²) in [7, 11) is 4.20. The molecule has 0 saturated carbocycles. The van der Waals surface area contributed by atoms with E-state index in [2.05, 4.69) is 42.5 Å². The lowest BCUT2D eigenvalue weighted by Crippen LogP contribution is -2.26. The van der Waals surface area contributed by atoms with Gasteiger partial charge >= 0.3 is 0 Å². The number of nitrogens with zero attached hydrogens (tertiary/aromatic N) is 1. The van der Waals surface area contributed by atoms with Crippen LogP contribution in [-0.2, 0) is 0 Å². The summed E-state index contributed by atoms with van der Waals surface area (Å²) in [6.45, 7) is 0. The van der Waals surface area contributed by atoms with Gasteiger partial charge < -0.3 is 10.2 Å². The first-order chi connectivity index (χ1) is 14.4. The quantitative estimate of drug-likeness (QED) is 0.486. The molecule has 4 rings (SSSR count). The molecule has 3 nitrogen and oxygen atoms in total. The molecule has 0 saturated heterocycles. The number of fused-ring (bicyclic) bond motifs is 1. The SMILES string of the molecule is CN(C)C1CC[C@@H](c2ccc(Cl)c(Cl)c2)c2ccc(NC(=O)c3ccccc3)cc21. The third-order valence-corrected chi connectivity index (χ3v) is 6.55. The summed E-state index contributed by atoms with van der Waals surface area (Å²) in [6, 6.07) is 21.7. The number of amides is 1. The minimum atomic E-state index is -0.103. The largest absolute Gasteiger partial charge is 0.322 e. The first kappa shape index (κ1) is 20.9. The van der Waals surface area contributed by atoms with Crippen molar-refractivity contribution in [2.45, 2.75) is 24.8 Å². The second-order valence-corrected chi connectivity index (χ2v) is 8.76. The van der Waals surface area contributed by atoms with Gasteiger partial charge in [0.1, 0.15) is 0 Å². The molecule has 1 aliphatic carbocycles. The first-order valence-electron chi connectivity index (χ1n) is 10.1. The highest BCUT2D eigenvalue weighted by molar-refractivity contribution is 6.42. The molecule has 0 bridgehead atoms. The van der Waals surface area contributed by atoms with E-state index >= 15 is 0 Å². The normalized spacial score (nSPS) is 18.2. The average molecular weight is 439 g/mol. The molecular formula is C25H24Cl2N2O. The second-order valence-electron chi connectivity index (χ2n) is 7.95. The van der Waals surface area contributed by atoms with Crippen LogP contribution in [0.3, 0.4) is 0 Å². The molecule has 1 N–H and O–H groups in total. The summed E-state index contributed by atoms with van der Waals surface area (Å²) in [5, 5.41) is 4.19. The molecule has 3 aromatic rings. The molecule has 154 valence electrons. The van der Waals surface area contributed by atoms with Gasteiger partial charge in [0, 0.05) is 23.2 Å². The van der Waals surface area contributed by atoms with Crippen molar-refractivity contribution in [3.8, 4) is 0 Å². The van der Waals surface area contributed by atoms with Crippen LogP contribution in [-0.4, -0.2) is 24.9 Å². The van der Waals surface area contributed by atoms with Gasteiger partial charge in [0.25, 0.3) is 5.91 Å². The molecular weight excluding hydrogens is 415 g/mol. The van der Waals surface area contributed by atoms with E-state index in [1.165, 1.54) is 16.7 Å². The van der Waals surface area contributed by atoms with E-state index in [0.717, 1.165) is 18.5 Å². The van der Waals surface area contributed by atoms with E-state index < -0.39 is 0 Å². The van der Waals surface area contributed by atoms with Crippen LogP contribution in [0.5, 0.6) is 0 Å². The molecule has 5 heteroatoms. The van der Waals surface area contributed by atoms with Crippen LogP contribution in [0.25, 0.3) is 0 Å². The number of nitrogens with one attached hydrogen (secondary N) is 1. The zero-order valence-corrected chi connectivity index (χ0v) is 18.5. The first-order valence-corrected chi connectivity index (χ1v) is 10.8. The summed E-state index contributed by atoms with van der Waals surface area (Å²) in [5.74, 6) is 0.152. The smallest absolute Gasteiger partial charge is 0.255 e. The predicted octanol–water partition coefficient (Wildman–Crippen LogP) is 6.77. The van der Waals surface area contributed by atoms with Gasteiger partial charge in [-0.2, -0.15) is 0 Å². The maximum Gasteiger partial charge on any atom is 0.255 e. The van der Waals surface area contributed by atoms with Crippen molar-refractivity contribution in [3.05, 3.63) is 99.0 Å². The van der Waals surface area contributed by atoms with Gasteiger partial charge in [-0.1, -0.05) is 53.5 Å². The number of rotatable bonds is 4. The summed E-state index contributed by atoms with van der Waals surface area (Å²) in [6.07, 6.45) is 2.06. The molecule has 0 fully saturated rings. The van der Waals surface area contributed by atoms with E-state index in [1.54, 1.807) is 0 Å². The Balaban J connectivity index is 1.69. The summed E-state index contributed by atoms with van der Waals surface area (Å²) < 4.78 is 0. The number of halogens is 2. The lowest BCUT2D eigenvalue weighted by molar-refractivity contribution is 0.102. The number of anilines is 1. The number of carbonyl (C=O) groups is 1. The van der Waals surface area contributed by atoms with Crippen molar-refractivity contribution in [2.24, 2.45) is 0 Å². The number of carbonyl (C=O) groups excluding carboxylic acids is 1. The van der Waals surface area contributed by atoms with Crippen LogP contribution < -0.4 is 5.32 Å². The highest BCUT2D eigenvalue weighted by Gasteiger charge is 2.30. The van der Waals surface area contributed by atoms with E-state index in [9.17, 15) is 4.79 Å². The van der Waals surface area contributed by atoms with E-state index in [1.807, 2.05) is 48.5 Å². The van der Waals surface area contributed by atoms with Crippen molar-refractivity contribution in [3.63, 3.8) is 0 Å². The lowest BCUT2D eigenvalue weighted by Gasteiger charge is -2.36. The van der Waals surface area contributed by atoms with Crippen LogP contribution >= 0.6 is 23.2 Å². The zero-order chi connectivity index (χ0) is 21.3. The van der Waals surface area contributed by atoms with Crippen molar-refractivity contribution < 1.29 is 4.79 Å². The summed E-state index contributed by atoms with van der Waals surface area (Å²) >= 11 is 12.4. The monoisotopic (exact) mass is 438 g/mol. The Morgan fingerprint density at radius 3 is 2.37 bits per heavy atom. The molecule has 1 amide bonds. The Hall–Kier alpha value is -2.33. The lowest BCUT2D eigenvalue weighted by atomic mass is 9.76. The van der Waals surface area contributed by atoms with Gasteiger partial charge in [-0.3, -0.25) is 4.79 Å². The summed E-state index contributed by atoms with van der Waals surface area (Å²) in [5.41, 5.74) is 5.14. The van der Waals surface area contributed by atoms with Crippen LogP contribution in [0, 0.1) is 0 Å². The molecule has 2 atom stereocenters. The molecule has 0 spiro atoms. The zero-order valence-electron chi connectivity index (χ0n) is 17.0. The fourth-order valence-electron chi connectivity index (χ4n) is 4.30. The van der Waals surface area contributed by atoms with Gasteiger partial charge in [0.2, 0.25) is 0 Å². The van der Waals surface area contributed by atoms with Crippen molar-refractivity contribution in [2.75, 3.05) is 19.4 Å². The van der Waals surface area contributed by atoms with E-state index in [-0.39, 0.29) is 11.8 Å². The molecule has 1 unspecified atom stereocenters. The molecule has 3 aromatic carbocycles. The topological polar surface area (TPSA) is 32.3 Å². The van der Waals surface area contributed by atoms with E-state index in [0.29, 0.717) is 21.7 Å². The fraction of sp³-hybridized carbons (Fsp3) is 0.240. The van der Waals surface area contributed by atoms with Crippen molar-refractivity contribution >= 4 is 34.8 Å². The molecule has 1 aliphatic rings. The fourth-order valence-corrected chi connectivity index (χ4v) is 4.61. The minimum Gasteiger partial charge on any atom is -0.322 e. The van der Waals surface area contributed by atoms with Gasteiger partial charge in [-0.25, -0.2) is 0 Å². The molecule has 0 aromatic heterocycles. The highest BCUT2D eigenvalue weighted by atomic mass is 35.5. The van der Waals surface area contributed by atoms with Crippen molar-refractivity contribution in [1.29, 1.82) is 0 Å². The molecule has 0 radical (unpaired) electrons. The predicted molar refractivity (Wildman–Crippen MR) is 125 cm³/mol. The van der Waals surface area contributed by atoms with Gasteiger partial charge in [0.05, 0.1) is 10.0 Å². The molecule has 0 aliphatic heterocycles. The van der Waals surface area contributed by atoms with Crippen LogP contribution in [0.1, 0.15) is 51.8 Å².